The molecule has 2 amide bonds. The first-order valence-electron chi connectivity index (χ1n) is 10.0. The first-order valence-corrected chi connectivity index (χ1v) is 10.0. The van der Waals surface area contributed by atoms with Crippen LogP contribution in [0.15, 0.2) is 24.3 Å². The van der Waals surface area contributed by atoms with Crippen LogP contribution >= 0.6 is 0 Å². The van der Waals surface area contributed by atoms with E-state index in [-0.39, 0.29) is 24.0 Å². The van der Waals surface area contributed by atoms with Crippen molar-refractivity contribution in [1.29, 1.82) is 0 Å². The second-order valence-electron chi connectivity index (χ2n) is 8.26. The maximum atomic E-state index is 13.3. The molecule has 1 aromatic rings. The Labute approximate surface area is 160 Å². The maximum absolute atomic E-state index is 13.3. The van der Waals surface area contributed by atoms with Crippen molar-refractivity contribution in [3.63, 3.8) is 0 Å². The van der Waals surface area contributed by atoms with E-state index < -0.39 is 6.04 Å². The molecule has 1 N–H and O–H groups in total. The van der Waals surface area contributed by atoms with Crippen LogP contribution in [0, 0.1) is 0 Å². The van der Waals surface area contributed by atoms with Gasteiger partial charge >= 0.3 is 0 Å². The van der Waals surface area contributed by atoms with Crippen LogP contribution in [-0.4, -0.2) is 73.1 Å². The summed E-state index contributed by atoms with van der Waals surface area (Å²) in [6.45, 7) is 1.64. The highest BCUT2D eigenvalue weighted by Crippen LogP contribution is 2.35. The van der Waals surface area contributed by atoms with E-state index in [0.29, 0.717) is 24.6 Å². The van der Waals surface area contributed by atoms with E-state index in [0.717, 1.165) is 32.2 Å². The van der Waals surface area contributed by atoms with Gasteiger partial charge in [-0.05, 0) is 57.5 Å². The Bertz CT molecular complexity index is 699. The largest absolute Gasteiger partial charge is 0.376 e. The van der Waals surface area contributed by atoms with E-state index in [9.17, 15) is 9.59 Å². The fraction of sp³-hybridized carbons (Fsp3) is 0.619. The first kappa shape index (κ1) is 18.4. The van der Waals surface area contributed by atoms with E-state index in [1.54, 1.807) is 4.90 Å². The van der Waals surface area contributed by atoms with Gasteiger partial charge in [0.25, 0.3) is 5.91 Å². The number of nitrogens with one attached hydrogen (secondary N) is 1. The molecule has 1 saturated carbocycles. The number of ether oxygens (including phenoxy) is 1. The number of benzene rings is 1. The third-order valence-corrected chi connectivity index (χ3v) is 5.83. The number of hydrogen-bond donors (Lipinski definition) is 1. The number of likely N-dealkylation sites (N-methyl/N-ethyl adjacent to an activating group) is 1. The molecule has 6 nitrogen and oxygen atoms in total. The lowest BCUT2D eigenvalue weighted by molar-refractivity contribution is -0.125. The van der Waals surface area contributed by atoms with Gasteiger partial charge in [0.15, 0.2) is 0 Å². The van der Waals surface area contributed by atoms with Crippen LogP contribution in [-0.2, 0) is 16.0 Å². The summed E-state index contributed by atoms with van der Waals surface area (Å²) in [5.74, 6) is -0.0745. The highest BCUT2D eigenvalue weighted by Gasteiger charge is 2.50. The van der Waals surface area contributed by atoms with Crippen molar-refractivity contribution in [2.75, 3.05) is 27.2 Å². The summed E-state index contributed by atoms with van der Waals surface area (Å²) >= 11 is 0. The Morgan fingerprint density at radius 2 is 1.93 bits per heavy atom. The Balaban J connectivity index is 1.49. The lowest BCUT2D eigenvalue weighted by Crippen LogP contribution is -2.49. The maximum Gasteiger partial charge on any atom is 0.254 e. The number of fused-ring (bicyclic) bond motifs is 1. The van der Waals surface area contributed by atoms with E-state index >= 15 is 0 Å². The van der Waals surface area contributed by atoms with Crippen LogP contribution in [0.1, 0.15) is 41.6 Å². The van der Waals surface area contributed by atoms with Crippen LogP contribution in [0.25, 0.3) is 0 Å². The van der Waals surface area contributed by atoms with Crippen molar-refractivity contribution in [2.45, 2.75) is 56.3 Å². The Morgan fingerprint density at radius 1 is 1.19 bits per heavy atom. The van der Waals surface area contributed by atoms with Crippen molar-refractivity contribution in [3.8, 4) is 0 Å². The van der Waals surface area contributed by atoms with Crippen LogP contribution < -0.4 is 5.32 Å². The average molecular weight is 371 g/mol. The smallest absolute Gasteiger partial charge is 0.254 e. The molecule has 0 radical (unpaired) electrons. The Kier molecular flexibility index (Phi) is 5.19. The molecule has 1 aliphatic carbocycles. The zero-order valence-corrected chi connectivity index (χ0v) is 16.2. The van der Waals surface area contributed by atoms with Crippen molar-refractivity contribution in [2.24, 2.45) is 0 Å². The number of carbonyl (C=O) groups is 2. The summed E-state index contributed by atoms with van der Waals surface area (Å²) in [6.07, 6.45) is 4.45. The Morgan fingerprint density at radius 3 is 2.59 bits per heavy atom. The molecule has 3 atom stereocenters. The molecule has 2 aliphatic heterocycles. The average Bonchev–Trinajstić information content (AvgIpc) is 3.22. The van der Waals surface area contributed by atoms with Crippen molar-refractivity contribution < 1.29 is 14.3 Å². The molecule has 3 fully saturated rings. The highest BCUT2D eigenvalue weighted by atomic mass is 16.5. The van der Waals surface area contributed by atoms with Gasteiger partial charge in [-0.2, -0.15) is 0 Å². The second-order valence-corrected chi connectivity index (χ2v) is 8.26. The zero-order chi connectivity index (χ0) is 19.0. The molecule has 0 spiro atoms. The molecule has 3 aliphatic rings. The number of rotatable bonds is 6. The monoisotopic (exact) mass is 371 g/mol. The van der Waals surface area contributed by atoms with Gasteiger partial charge in [-0.1, -0.05) is 12.1 Å². The van der Waals surface area contributed by atoms with Crippen molar-refractivity contribution >= 4 is 11.8 Å². The van der Waals surface area contributed by atoms with E-state index in [2.05, 4.69) is 24.3 Å². The predicted molar refractivity (Wildman–Crippen MR) is 103 cm³/mol. The number of hydrogen-bond acceptors (Lipinski definition) is 4. The molecule has 27 heavy (non-hydrogen) atoms. The lowest BCUT2D eigenvalue weighted by Gasteiger charge is -2.28. The van der Waals surface area contributed by atoms with E-state index in [1.807, 2.05) is 24.3 Å². The van der Waals surface area contributed by atoms with E-state index in [1.165, 1.54) is 5.56 Å². The summed E-state index contributed by atoms with van der Waals surface area (Å²) in [7, 11) is 4.11. The molecule has 0 bridgehead atoms. The SMILES string of the molecule is CN(C)CCc1ccc(C(=O)N2[C@H](C(=O)NC3CC3)C[C@@H]3OCC[C@@H]32)cc1. The van der Waals surface area contributed by atoms with Gasteiger partial charge in [-0.3, -0.25) is 9.59 Å². The zero-order valence-electron chi connectivity index (χ0n) is 16.2. The minimum absolute atomic E-state index is 0.0109. The topological polar surface area (TPSA) is 61.9 Å². The molecular formula is C21H29N3O3. The van der Waals surface area contributed by atoms with Gasteiger partial charge < -0.3 is 19.9 Å². The highest BCUT2D eigenvalue weighted by molar-refractivity contribution is 5.98. The minimum Gasteiger partial charge on any atom is -0.376 e. The molecule has 146 valence electrons. The summed E-state index contributed by atoms with van der Waals surface area (Å²) in [4.78, 5) is 29.9. The van der Waals surface area contributed by atoms with Crippen LogP contribution in [0.3, 0.4) is 0 Å². The molecule has 2 heterocycles. The molecule has 4 rings (SSSR count). The number of amides is 2. The second kappa shape index (κ2) is 7.60. The fourth-order valence-corrected chi connectivity index (χ4v) is 4.11. The lowest BCUT2D eigenvalue weighted by atomic mass is 10.1. The first-order chi connectivity index (χ1) is 13.0. The number of nitrogens with zero attached hydrogens (tertiary/aromatic N) is 2. The summed E-state index contributed by atoms with van der Waals surface area (Å²) in [6, 6.07) is 7.73. The predicted octanol–water partition coefficient (Wildman–Crippen LogP) is 1.44. The van der Waals surface area contributed by atoms with Crippen molar-refractivity contribution in [1.82, 2.24) is 15.1 Å². The van der Waals surface area contributed by atoms with E-state index in [4.69, 9.17) is 4.74 Å². The molecule has 6 heteroatoms. The van der Waals surface area contributed by atoms with Crippen LogP contribution in [0.2, 0.25) is 0 Å². The van der Waals surface area contributed by atoms with Gasteiger partial charge in [-0.25, -0.2) is 0 Å². The summed E-state index contributed by atoms with van der Waals surface area (Å²) in [5, 5.41) is 3.06. The third kappa shape index (κ3) is 4.01. The molecule has 0 unspecified atom stereocenters. The minimum atomic E-state index is -0.415. The summed E-state index contributed by atoms with van der Waals surface area (Å²) in [5.41, 5.74) is 1.87. The Hall–Kier alpha value is -1.92. The van der Waals surface area contributed by atoms with Gasteiger partial charge in [0.1, 0.15) is 6.04 Å². The van der Waals surface area contributed by atoms with Gasteiger partial charge in [0, 0.05) is 31.2 Å². The van der Waals surface area contributed by atoms with Crippen LogP contribution in [0.5, 0.6) is 0 Å². The molecule has 0 aromatic heterocycles. The molecule has 2 saturated heterocycles. The fourth-order valence-electron chi connectivity index (χ4n) is 4.11. The standard InChI is InChI=1S/C21H29N3O3/c1-23(2)11-9-14-3-5-15(6-4-14)21(26)24-17-10-12-27-19(17)13-18(24)20(25)22-16-7-8-16/h3-6,16-19H,7-13H2,1-2H3,(H,22,25)/t17-,18-,19-/m0/s1. The molecular weight excluding hydrogens is 342 g/mol. The van der Waals surface area contributed by atoms with Gasteiger partial charge in [-0.15, -0.1) is 0 Å². The quantitative estimate of drug-likeness (QED) is 0.822. The van der Waals surface area contributed by atoms with Gasteiger partial charge in [0.2, 0.25) is 5.91 Å². The number of carbonyl (C=O) groups excluding carboxylic acids is 2. The van der Waals surface area contributed by atoms with Crippen molar-refractivity contribution in [3.05, 3.63) is 35.4 Å². The normalized spacial score (nSPS) is 27.1. The van der Waals surface area contributed by atoms with Gasteiger partial charge in [0.05, 0.1) is 12.1 Å². The third-order valence-electron chi connectivity index (χ3n) is 5.83. The number of likely N-dealkylation sites (tertiary alicyclic amines) is 1. The summed E-state index contributed by atoms with van der Waals surface area (Å²) < 4.78 is 5.79. The van der Waals surface area contributed by atoms with Crippen LogP contribution in [0.4, 0.5) is 0 Å². The molecule has 1 aromatic carbocycles.